The summed E-state index contributed by atoms with van der Waals surface area (Å²) in [5, 5.41) is 11.4. The highest BCUT2D eigenvalue weighted by Crippen LogP contribution is 2.32. The van der Waals surface area contributed by atoms with Crippen LogP contribution in [0.4, 0.5) is 0 Å². The highest BCUT2D eigenvalue weighted by molar-refractivity contribution is 7.98. The van der Waals surface area contributed by atoms with Crippen LogP contribution in [0.3, 0.4) is 0 Å². The van der Waals surface area contributed by atoms with Crippen molar-refractivity contribution in [3.05, 3.63) is 51.6 Å². The lowest BCUT2D eigenvalue weighted by Crippen LogP contribution is -1.81. The Morgan fingerprint density at radius 3 is 2.90 bits per heavy atom. The van der Waals surface area contributed by atoms with Crippen LogP contribution in [0.1, 0.15) is 5.89 Å². The predicted octanol–water partition coefficient (Wildman–Crippen LogP) is 5.40. The molecule has 0 unspecified atom stereocenters. The fourth-order valence-corrected chi connectivity index (χ4v) is 3.51. The molecule has 0 atom stereocenters. The number of benzene rings is 1. The van der Waals surface area contributed by atoms with Crippen molar-refractivity contribution in [3.8, 4) is 10.8 Å². The first-order valence-electron chi connectivity index (χ1n) is 5.66. The van der Waals surface area contributed by atoms with Crippen LogP contribution in [-0.4, -0.2) is 10.2 Å². The summed E-state index contributed by atoms with van der Waals surface area (Å²) in [6.07, 6.45) is 0. The van der Waals surface area contributed by atoms with Crippen LogP contribution in [-0.2, 0) is 5.75 Å². The van der Waals surface area contributed by atoms with Crippen molar-refractivity contribution in [1.82, 2.24) is 10.2 Å². The second-order valence-corrected chi connectivity index (χ2v) is 6.65. The smallest absolute Gasteiger partial charge is 0.257 e. The minimum atomic E-state index is 0.549. The molecule has 0 fully saturated rings. The van der Waals surface area contributed by atoms with E-state index in [0.717, 1.165) is 9.77 Å². The minimum absolute atomic E-state index is 0.549. The van der Waals surface area contributed by atoms with Gasteiger partial charge >= 0.3 is 0 Å². The molecule has 0 saturated heterocycles. The molecule has 0 N–H and O–H groups in total. The Balaban J connectivity index is 1.71. The van der Waals surface area contributed by atoms with Crippen LogP contribution in [0.5, 0.6) is 0 Å². The van der Waals surface area contributed by atoms with Crippen molar-refractivity contribution < 1.29 is 4.42 Å². The molecular weight excluding hydrogens is 335 g/mol. The molecule has 3 rings (SSSR count). The summed E-state index contributed by atoms with van der Waals surface area (Å²) in [6, 6.07) is 9.26. The molecule has 0 aliphatic heterocycles. The van der Waals surface area contributed by atoms with Crippen LogP contribution in [0.2, 0.25) is 10.0 Å². The molecule has 20 heavy (non-hydrogen) atoms. The number of thioether (sulfide) groups is 1. The minimum Gasteiger partial charge on any atom is -0.419 e. The summed E-state index contributed by atoms with van der Waals surface area (Å²) in [5.41, 5.74) is 0. The number of aromatic nitrogens is 2. The van der Waals surface area contributed by atoms with Gasteiger partial charge in [-0.15, -0.1) is 33.3 Å². The van der Waals surface area contributed by atoms with Gasteiger partial charge in [0, 0.05) is 9.92 Å². The third kappa shape index (κ3) is 3.17. The van der Waals surface area contributed by atoms with Gasteiger partial charge in [-0.3, -0.25) is 0 Å². The van der Waals surface area contributed by atoms with Gasteiger partial charge in [-0.05, 0) is 29.6 Å². The van der Waals surface area contributed by atoms with Crippen LogP contribution < -0.4 is 0 Å². The summed E-state index contributed by atoms with van der Waals surface area (Å²) >= 11 is 15.1. The predicted molar refractivity (Wildman–Crippen MR) is 83.6 cm³/mol. The zero-order chi connectivity index (χ0) is 13.9. The van der Waals surface area contributed by atoms with Gasteiger partial charge in [0.1, 0.15) is 0 Å². The Morgan fingerprint density at radius 1 is 1.20 bits per heavy atom. The maximum Gasteiger partial charge on any atom is 0.257 e. The van der Waals surface area contributed by atoms with Crippen molar-refractivity contribution >= 4 is 46.3 Å². The Kier molecular flexibility index (Phi) is 4.31. The van der Waals surface area contributed by atoms with Crippen molar-refractivity contribution in [2.45, 2.75) is 10.6 Å². The molecule has 0 spiro atoms. The van der Waals surface area contributed by atoms with Crippen molar-refractivity contribution in [1.29, 1.82) is 0 Å². The average Bonchev–Trinajstić information content (AvgIpc) is 3.09. The first-order valence-corrected chi connectivity index (χ1v) is 8.28. The topological polar surface area (TPSA) is 38.9 Å². The van der Waals surface area contributed by atoms with Gasteiger partial charge in [-0.1, -0.05) is 29.3 Å². The number of halogens is 2. The lowest BCUT2D eigenvalue weighted by Gasteiger charge is -2.02. The van der Waals surface area contributed by atoms with Gasteiger partial charge in [0.2, 0.25) is 5.89 Å². The van der Waals surface area contributed by atoms with Crippen molar-refractivity contribution in [2.24, 2.45) is 0 Å². The number of hydrogen-bond donors (Lipinski definition) is 0. The SMILES string of the molecule is Clc1ccc(Cl)c(SCc2nnc(-c3cccs3)o2)c1. The standard InChI is InChI=1S/C13H8Cl2N2OS2/c14-8-3-4-9(15)11(6-8)20-7-12-16-17-13(18-12)10-2-1-5-19-10/h1-6H,7H2. The lowest BCUT2D eigenvalue weighted by molar-refractivity contribution is 0.529. The van der Waals surface area contributed by atoms with E-state index in [0.29, 0.717) is 27.6 Å². The largest absolute Gasteiger partial charge is 0.419 e. The first kappa shape index (κ1) is 13.9. The van der Waals surface area contributed by atoms with E-state index in [-0.39, 0.29) is 0 Å². The number of hydrogen-bond acceptors (Lipinski definition) is 5. The fourth-order valence-electron chi connectivity index (χ4n) is 1.54. The quantitative estimate of drug-likeness (QED) is 0.595. The Morgan fingerprint density at radius 2 is 2.10 bits per heavy atom. The molecule has 3 nitrogen and oxygen atoms in total. The molecular formula is C13H8Cl2N2OS2. The molecule has 2 aromatic heterocycles. The Labute approximate surface area is 133 Å². The zero-order valence-corrected chi connectivity index (χ0v) is 13.2. The molecule has 2 heterocycles. The maximum absolute atomic E-state index is 6.10. The van der Waals surface area contributed by atoms with Gasteiger partial charge in [0.25, 0.3) is 5.89 Å². The van der Waals surface area contributed by atoms with E-state index in [1.807, 2.05) is 23.6 Å². The second kappa shape index (κ2) is 6.18. The third-order valence-corrected chi connectivity index (χ3v) is 5.02. The van der Waals surface area contributed by atoms with Crippen LogP contribution in [0.25, 0.3) is 10.8 Å². The average molecular weight is 343 g/mol. The van der Waals surface area contributed by atoms with E-state index in [2.05, 4.69) is 10.2 Å². The summed E-state index contributed by atoms with van der Waals surface area (Å²) in [7, 11) is 0. The molecule has 0 aliphatic carbocycles. The van der Waals surface area contributed by atoms with Crippen LogP contribution in [0.15, 0.2) is 45.0 Å². The molecule has 7 heteroatoms. The van der Waals surface area contributed by atoms with Gasteiger partial charge in [0.05, 0.1) is 15.7 Å². The van der Waals surface area contributed by atoms with E-state index < -0.39 is 0 Å². The fraction of sp³-hybridized carbons (Fsp3) is 0.0769. The number of rotatable bonds is 4. The van der Waals surface area contributed by atoms with Crippen molar-refractivity contribution in [3.63, 3.8) is 0 Å². The van der Waals surface area contributed by atoms with Gasteiger partial charge in [-0.2, -0.15) is 0 Å². The highest BCUT2D eigenvalue weighted by Gasteiger charge is 2.10. The summed E-state index contributed by atoms with van der Waals surface area (Å²) in [6.45, 7) is 0. The number of nitrogens with zero attached hydrogens (tertiary/aromatic N) is 2. The zero-order valence-electron chi connectivity index (χ0n) is 10.0. The first-order chi connectivity index (χ1) is 9.72. The molecule has 0 radical (unpaired) electrons. The monoisotopic (exact) mass is 342 g/mol. The molecule has 0 aliphatic rings. The number of thiophene rings is 1. The Bertz CT molecular complexity index is 713. The molecule has 102 valence electrons. The van der Waals surface area contributed by atoms with Gasteiger partial charge < -0.3 is 4.42 Å². The molecule has 0 amide bonds. The van der Waals surface area contributed by atoms with Crippen molar-refractivity contribution in [2.75, 3.05) is 0 Å². The van der Waals surface area contributed by atoms with Crippen LogP contribution >= 0.6 is 46.3 Å². The normalized spacial score (nSPS) is 10.9. The second-order valence-electron chi connectivity index (χ2n) is 3.84. The van der Waals surface area contributed by atoms with E-state index in [4.69, 9.17) is 27.6 Å². The molecule has 0 bridgehead atoms. The van der Waals surface area contributed by atoms with Gasteiger partial charge in [-0.25, -0.2) is 0 Å². The van der Waals surface area contributed by atoms with Gasteiger partial charge in [0.15, 0.2) is 0 Å². The molecule has 3 aromatic rings. The summed E-state index contributed by atoms with van der Waals surface area (Å²) < 4.78 is 5.61. The summed E-state index contributed by atoms with van der Waals surface area (Å²) in [4.78, 5) is 1.87. The molecule has 1 aromatic carbocycles. The molecule has 0 saturated carbocycles. The third-order valence-electron chi connectivity index (χ3n) is 2.44. The van der Waals surface area contributed by atoms with E-state index >= 15 is 0 Å². The van der Waals surface area contributed by atoms with E-state index in [1.54, 1.807) is 23.5 Å². The Hall–Kier alpha value is -1.01. The highest BCUT2D eigenvalue weighted by atomic mass is 35.5. The van der Waals surface area contributed by atoms with E-state index in [9.17, 15) is 0 Å². The maximum atomic E-state index is 6.10. The lowest BCUT2D eigenvalue weighted by atomic mass is 10.4. The van der Waals surface area contributed by atoms with E-state index in [1.165, 1.54) is 11.8 Å². The summed E-state index contributed by atoms with van der Waals surface area (Å²) in [5.74, 6) is 1.67. The van der Waals surface area contributed by atoms with Crippen LogP contribution in [0, 0.1) is 0 Å².